The van der Waals surface area contributed by atoms with Gasteiger partial charge in [-0.3, -0.25) is 30.0 Å². The van der Waals surface area contributed by atoms with Gasteiger partial charge in [-0.25, -0.2) is 0 Å². The van der Waals surface area contributed by atoms with Gasteiger partial charge in [0.1, 0.15) is 6.54 Å². The number of esters is 1. The fraction of sp³-hybridized carbons (Fsp3) is 0.375. The van der Waals surface area contributed by atoms with Crippen LogP contribution in [0.5, 0.6) is 0 Å². The third kappa shape index (κ3) is 4.80. The van der Waals surface area contributed by atoms with E-state index in [1.807, 2.05) is 0 Å². The zero-order valence-corrected chi connectivity index (χ0v) is 13.3. The molecule has 1 heterocycles. The van der Waals surface area contributed by atoms with Crippen molar-refractivity contribution < 1.29 is 23.9 Å². The van der Waals surface area contributed by atoms with Crippen LogP contribution in [0.2, 0.25) is 0 Å². The van der Waals surface area contributed by atoms with Crippen LogP contribution in [0.25, 0.3) is 0 Å². The summed E-state index contributed by atoms with van der Waals surface area (Å²) in [6.07, 6.45) is 0.0500. The predicted molar refractivity (Wildman–Crippen MR) is 83.4 cm³/mol. The number of likely N-dealkylation sites (tertiary alicyclic amines) is 1. The average molecular weight is 333 g/mol. The molecular weight excluding hydrogens is 314 g/mol. The van der Waals surface area contributed by atoms with Crippen molar-refractivity contribution in [3.63, 3.8) is 0 Å². The molecule has 3 amide bonds. The van der Waals surface area contributed by atoms with E-state index in [1.165, 1.54) is 11.8 Å². The standard InChI is InChI=1S/C16H19N3O5/c1-11(24-14(21)10-19-9-5-8-13(19)20)15(22)17-18-16(23)12-6-3-2-4-7-12/h2-4,6-7,11H,5,8-10H2,1H3,(H,17,22)(H,18,23)/t11-/m0/s1. The second-order valence-electron chi connectivity index (χ2n) is 5.36. The van der Waals surface area contributed by atoms with Crippen LogP contribution in [0.1, 0.15) is 30.1 Å². The number of hydrogen-bond acceptors (Lipinski definition) is 5. The number of nitrogens with zero attached hydrogens (tertiary/aromatic N) is 1. The maximum atomic E-state index is 11.8. The summed E-state index contributed by atoms with van der Waals surface area (Å²) in [6, 6.07) is 8.35. The van der Waals surface area contributed by atoms with Crippen molar-refractivity contribution in [2.24, 2.45) is 0 Å². The minimum atomic E-state index is -1.09. The van der Waals surface area contributed by atoms with E-state index >= 15 is 0 Å². The molecule has 0 bridgehead atoms. The molecule has 1 aliphatic heterocycles. The second-order valence-corrected chi connectivity index (χ2v) is 5.36. The van der Waals surface area contributed by atoms with E-state index in [-0.39, 0.29) is 12.5 Å². The molecule has 0 radical (unpaired) electrons. The Hall–Kier alpha value is -2.90. The first-order valence-electron chi connectivity index (χ1n) is 7.60. The number of nitrogens with one attached hydrogen (secondary N) is 2. The van der Waals surface area contributed by atoms with Gasteiger partial charge >= 0.3 is 5.97 Å². The summed E-state index contributed by atoms with van der Waals surface area (Å²) >= 11 is 0. The highest BCUT2D eigenvalue weighted by Crippen LogP contribution is 2.09. The van der Waals surface area contributed by atoms with Gasteiger partial charge in [-0.1, -0.05) is 18.2 Å². The van der Waals surface area contributed by atoms with Crippen molar-refractivity contribution in [2.45, 2.75) is 25.9 Å². The van der Waals surface area contributed by atoms with Crippen molar-refractivity contribution in [2.75, 3.05) is 13.1 Å². The molecular formula is C16H19N3O5. The van der Waals surface area contributed by atoms with Crippen LogP contribution >= 0.6 is 0 Å². The van der Waals surface area contributed by atoms with Crippen LogP contribution in [0.4, 0.5) is 0 Å². The number of benzene rings is 1. The third-order valence-corrected chi connectivity index (χ3v) is 3.50. The topological polar surface area (TPSA) is 105 Å². The Bertz CT molecular complexity index is 632. The average Bonchev–Trinajstić information content (AvgIpc) is 2.97. The maximum Gasteiger partial charge on any atom is 0.326 e. The van der Waals surface area contributed by atoms with E-state index < -0.39 is 23.9 Å². The Morgan fingerprint density at radius 2 is 1.92 bits per heavy atom. The molecule has 1 saturated heterocycles. The first-order valence-corrected chi connectivity index (χ1v) is 7.60. The Morgan fingerprint density at radius 3 is 2.54 bits per heavy atom. The van der Waals surface area contributed by atoms with Gasteiger partial charge in [0, 0.05) is 18.5 Å². The van der Waals surface area contributed by atoms with Gasteiger partial charge in [-0.05, 0) is 25.5 Å². The van der Waals surface area contributed by atoms with Gasteiger partial charge in [0.15, 0.2) is 6.10 Å². The lowest BCUT2D eigenvalue weighted by molar-refractivity contribution is -0.157. The Kier molecular flexibility index (Phi) is 5.89. The monoisotopic (exact) mass is 333 g/mol. The molecule has 8 nitrogen and oxygen atoms in total. The van der Waals surface area contributed by atoms with Crippen LogP contribution in [0.3, 0.4) is 0 Å². The summed E-state index contributed by atoms with van der Waals surface area (Å²) < 4.78 is 4.96. The lowest BCUT2D eigenvalue weighted by Gasteiger charge is -2.17. The number of ether oxygens (including phenoxy) is 1. The van der Waals surface area contributed by atoms with Crippen molar-refractivity contribution in [3.05, 3.63) is 35.9 Å². The highest BCUT2D eigenvalue weighted by atomic mass is 16.5. The maximum absolute atomic E-state index is 11.8. The third-order valence-electron chi connectivity index (χ3n) is 3.50. The normalized spacial score (nSPS) is 14.9. The fourth-order valence-corrected chi connectivity index (χ4v) is 2.20. The minimum Gasteiger partial charge on any atom is -0.451 e. The number of amides is 3. The minimum absolute atomic E-state index is 0.0980. The van der Waals surface area contributed by atoms with Crippen LogP contribution in [-0.4, -0.2) is 47.8 Å². The van der Waals surface area contributed by atoms with Gasteiger partial charge < -0.3 is 9.64 Å². The largest absolute Gasteiger partial charge is 0.451 e. The zero-order chi connectivity index (χ0) is 17.5. The number of rotatable bonds is 5. The molecule has 0 saturated carbocycles. The Labute approximate surface area is 139 Å². The molecule has 2 N–H and O–H groups in total. The van der Waals surface area contributed by atoms with Crippen LogP contribution < -0.4 is 10.9 Å². The molecule has 1 aromatic carbocycles. The smallest absolute Gasteiger partial charge is 0.326 e. The van der Waals surface area contributed by atoms with Crippen LogP contribution in [-0.2, 0) is 19.1 Å². The number of hydrogen-bond donors (Lipinski definition) is 2. The van der Waals surface area contributed by atoms with Gasteiger partial charge in [-0.15, -0.1) is 0 Å². The summed E-state index contributed by atoms with van der Waals surface area (Å²) in [5.41, 5.74) is 4.82. The first-order chi connectivity index (χ1) is 11.5. The molecule has 1 atom stereocenters. The highest BCUT2D eigenvalue weighted by molar-refractivity contribution is 5.95. The van der Waals surface area contributed by atoms with E-state index in [1.54, 1.807) is 30.3 Å². The predicted octanol–water partition coefficient (Wildman–Crippen LogP) is 0.00170. The Morgan fingerprint density at radius 1 is 1.21 bits per heavy atom. The molecule has 0 aliphatic carbocycles. The summed E-state index contributed by atoms with van der Waals surface area (Å²) in [6.45, 7) is 1.72. The van der Waals surface area contributed by atoms with Crippen molar-refractivity contribution >= 4 is 23.7 Å². The van der Waals surface area contributed by atoms with Gasteiger partial charge in [0.25, 0.3) is 11.8 Å². The van der Waals surface area contributed by atoms with Crippen molar-refractivity contribution in [1.29, 1.82) is 0 Å². The van der Waals surface area contributed by atoms with Crippen molar-refractivity contribution in [1.82, 2.24) is 15.8 Å². The Balaban J connectivity index is 1.74. The van der Waals surface area contributed by atoms with E-state index in [0.29, 0.717) is 24.9 Å². The van der Waals surface area contributed by atoms with E-state index in [9.17, 15) is 19.2 Å². The van der Waals surface area contributed by atoms with Crippen LogP contribution in [0.15, 0.2) is 30.3 Å². The molecule has 1 fully saturated rings. The van der Waals surface area contributed by atoms with Gasteiger partial charge in [-0.2, -0.15) is 0 Å². The fourth-order valence-electron chi connectivity index (χ4n) is 2.20. The molecule has 0 aromatic heterocycles. The molecule has 0 unspecified atom stereocenters. The second kappa shape index (κ2) is 8.09. The molecule has 2 rings (SSSR count). The first kappa shape index (κ1) is 17.5. The lowest BCUT2D eigenvalue weighted by atomic mass is 10.2. The molecule has 24 heavy (non-hydrogen) atoms. The SMILES string of the molecule is C[C@H](OC(=O)CN1CCCC1=O)C(=O)NNC(=O)c1ccccc1. The lowest BCUT2D eigenvalue weighted by Crippen LogP contribution is -2.47. The van der Waals surface area contributed by atoms with E-state index in [0.717, 1.165) is 0 Å². The van der Waals surface area contributed by atoms with Gasteiger partial charge in [0.2, 0.25) is 5.91 Å². The number of carbonyl (C=O) groups excluding carboxylic acids is 4. The summed E-state index contributed by atoms with van der Waals surface area (Å²) in [7, 11) is 0. The zero-order valence-electron chi connectivity index (χ0n) is 13.3. The quantitative estimate of drug-likeness (QED) is 0.583. The summed E-state index contributed by atoms with van der Waals surface area (Å²) in [4.78, 5) is 48.2. The van der Waals surface area contributed by atoms with E-state index in [4.69, 9.17) is 4.74 Å². The molecule has 1 aliphatic rings. The summed E-state index contributed by atoms with van der Waals surface area (Å²) in [5, 5.41) is 0. The molecule has 128 valence electrons. The summed E-state index contributed by atoms with van der Waals surface area (Å²) in [5.74, 6) is -1.91. The van der Waals surface area contributed by atoms with Crippen LogP contribution in [0, 0.1) is 0 Å². The van der Waals surface area contributed by atoms with E-state index in [2.05, 4.69) is 10.9 Å². The van der Waals surface area contributed by atoms with Gasteiger partial charge in [0.05, 0.1) is 0 Å². The number of carbonyl (C=O) groups is 4. The highest BCUT2D eigenvalue weighted by Gasteiger charge is 2.25. The number of hydrazine groups is 1. The van der Waals surface area contributed by atoms with Crippen molar-refractivity contribution in [3.8, 4) is 0 Å². The molecule has 1 aromatic rings. The molecule has 0 spiro atoms. The molecule has 8 heteroatoms.